The van der Waals surface area contributed by atoms with E-state index in [2.05, 4.69) is 14.9 Å². The number of halogens is 1. The van der Waals surface area contributed by atoms with Crippen LogP contribution in [0.5, 0.6) is 5.75 Å². The molecule has 3 heterocycles. The van der Waals surface area contributed by atoms with Crippen molar-refractivity contribution in [2.45, 2.75) is 36.8 Å². The molecule has 1 aromatic carbocycles. The lowest BCUT2D eigenvalue weighted by Crippen LogP contribution is -2.42. The van der Waals surface area contributed by atoms with Crippen molar-refractivity contribution in [3.8, 4) is 5.75 Å². The lowest BCUT2D eigenvalue weighted by atomic mass is 9.81. The van der Waals surface area contributed by atoms with Gasteiger partial charge in [-0.15, -0.1) is 11.8 Å². The third kappa shape index (κ3) is 6.46. The number of ether oxygens (including phenoxy) is 1. The average molecular weight is 484 g/mol. The van der Waals surface area contributed by atoms with Crippen LogP contribution >= 0.6 is 11.8 Å². The highest BCUT2D eigenvalue weighted by molar-refractivity contribution is 7.99. The lowest BCUT2D eigenvalue weighted by Gasteiger charge is -2.38. The fourth-order valence-electron chi connectivity index (χ4n) is 4.92. The molecule has 0 radical (unpaired) electrons. The highest BCUT2D eigenvalue weighted by Gasteiger charge is 2.29. The third-order valence-corrected chi connectivity index (χ3v) is 7.96. The number of rotatable bonds is 11. The van der Waals surface area contributed by atoms with E-state index < -0.39 is 6.17 Å². The minimum absolute atomic E-state index is 0.166. The van der Waals surface area contributed by atoms with Gasteiger partial charge in [0.2, 0.25) is 0 Å². The first-order valence-electron chi connectivity index (χ1n) is 12.1. The predicted octanol–water partition coefficient (Wildman–Crippen LogP) is 5.54. The first-order valence-corrected chi connectivity index (χ1v) is 13.1. The number of fused-ring (bicyclic) bond motifs is 1. The monoisotopic (exact) mass is 483 g/mol. The maximum Gasteiger partial charge on any atom is 0.126 e. The molecular weight excluding hydrogens is 449 g/mol. The number of thioether (sulfide) groups is 1. The van der Waals surface area contributed by atoms with Crippen molar-refractivity contribution >= 4 is 22.7 Å². The van der Waals surface area contributed by atoms with Crippen LogP contribution in [0.4, 0.5) is 4.39 Å². The number of methoxy groups -OCH3 is 1. The zero-order valence-electron chi connectivity index (χ0n) is 19.8. The molecule has 1 N–H and O–H groups in total. The molecule has 182 valence electrons. The maximum absolute atomic E-state index is 15.4. The van der Waals surface area contributed by atoms with Crippen molar-refractivity contribution in [3.05, 3.63) is 60.6 Å². The summed E-state index contributed by atoms with van der Waals surface area (Å²) in [5, 5.41) is 10.8. The number of hydrogen-bond donors (Lipinski definition) is 1. The second-order valence-corrected chi connectivity index (χ2v) is 10.2. The summed E-state index contributed by atoms with van der Waals surface area (Å²) in [4.78, 5) is 12.1. The zero-order valence-corrected chi connectivity index (χ0v) is 20.6. The van der Waals surface area contributed by atoms with Crippen LogP contribution < -0.4 is 4.74 Å². The number of aliphatic hydroxyl groups excluding tert-OH is 1. The Morgan fingerprint density at radius 3 is 2.82 bits per heavy atom. The van der Waals surface area contributed by atoms with Gasteiger partial charge < -0.3 is 14.7 Å². The summed E-state index contributed by atoms with van der Waals surface area (Å²) in [6, 6.07) is 11.5. The highest BCUT2D eigenvalue weighted by atomic mass is 32.2. The van der Waals surface area contributed by atoms with Crippen LogP contribution in [0, 0.1) is 11.8 Å². The third-order valence-electron chi connectivity index (χ3n) is 6.86. The SMILES string of the molecule is COc1ccc2nccc(C(F)CC[C@@H]3CCN(CCCSc4ccncc4)C[C@@H]3CO)c2c1. The molecule has 5 nitrogen and oxygen atoms in total. The summed E-state index contributed by atoms with van der Waals surface area (Å²) in [6.07, 6.45) is 7.65. The Kier molecular flexibility index (Phi) is 9.13. The number of hydrogen-bond acceptors (Lipinski definition) is 6. The second-order valence-electron chi connectivity index (χ2n) is 9.01. The van der Waals surface area contributed by atoms with E-state index >= 15 is 4.39 Å². The zero-order chi connectivity index (χ0) is 23.8. The number of piperidine rings is 1. The highest BCUT2D eigenvalue weighted by Crippen LogP contribution is 2.35. The molecule has 3 aromatic rings. The van der Waals surface area contributed by atoms with Crippen molar-refractivity contribution < 1.29 is 14.2 Å². The molecule has 3 atom stereocenters. The first-order chi connectivity index (χ1) is 16.7. The first kappa shape index (κ1) is 24.9. The smallest absolute Gasteiger partial charge is 0.126 e. The molecule has 1 unspecified atom stereocenters. The predicted molar refractivity (Wildman–Crippen MR) is 136 cm³/mol. The number of aliphatic hydroxyl groups is 1. The number of likely N-dealkylation sites (tertiary alicyclic amines) is 1. The van der Waals surface area contributed by atoms with Gasteiger partial charge in [0.1, 0.15) is 11.9 Å². The molecule has 0 aliphatic carbocycles. The topological polar surface area (TPSA) is 58.5 Å². The van der Waals surface area contributed by atoms with Gasteiger partial charge in [-0.3, -0.25) is 9.97 Å². The van der Waals surface area contributed by atoms with E-state index in [1.165, 1.54) is 4.90 Å². The van der Waals surface area contributed by atoms with E-state index in [1.807, 2.05) is 54.5 Å². The largest absolute Gasteiger partial charge is 0.497 e. The Hall–Kier alpha value is -2.22. The maximum atomic E-state index is 15.4. The lowest BCUT2D eigenvalue weighted by molar-refractivity contribution is 0.0640. The van der Waals surface area contributed by atoms with Gasteiger partial charge in [0.25, 0.3) is 0 Å². The minimum Gasteiger partial charge on any atom is -0.497 e. The summed E-state index contributed by atoms with van der Waals surface area (Å²) in [7, 11) is 1.62. The quantitative estimate of drug-likeness (QED) is 0.285. The Balaban J connectivity index is 1.26. The molecule has 1 aliphatic rings. The van der Waals surface area contributed by atoms with Gasteiger partial charge in [-0.25, -0.2) is 4.39 Å². The van der Waals surface area contributed by atoms with Gasteiger partial charge in [0.15, 0.2) is 0 Å². The summed E-state index contributed by atoms with van der Waals surface area (Å²) in [6.45, 7) is 3.12. The summed E-state index contributed by atoms with van der Waals surface area (Å²) in [5.74, 6) is 2.35. The van der Waals surface area contributed by atoms with E-state index in [9.17, 15) is 5.11 Å². The van der Waals surface area contributed by atoms with E-state index in [4.69, 9.17) is 4.74 Å². The molecule has 2 aromatic heterocycles. The number of benzene rings is 1. The van der Waals surface area contributed by atoms with Gasteiger partial charge >= 0.3 is 0 Å². The second kappa shape index (κ2) is 12.5. The molecule has 34 heavy (non-hydrogen) atoms. The molecule has 0 saturated carbocycles. The fourth-order valence-corrected chi connectivity index (χ4v) is 5.74. The van der Waals surface area contributed by atoms with E-state index in [1.54, 1.807) is 19.4 Å². The fraction of sp³-hybridized carbons (Fsp3) is 0.481. The van der Waals surface area contributed by atoms with Crippen molar-refractivity contribution in [1.82, 2.24) is 14.9 Å². The van der Waals surface area contributed by atoms with Crippen molar-refractivity contribution in [1.29, 1.82) is 0 Å². The average Bonchev–Trinajstić information content (AvgIpc) is 2.89. The van der Waals surface area contributed by atoms with E-state index in [0.29, 0.717) is 23.7 Å². The van der Waals surface area contributed by atoms with Gasteiger partial charge in [-0.1, -0.05) is 0 Å². The summed E-state index contributed by atoms with van der Waals surface area (Å²) < 4.78 is 20.7. The number of aromatic nitrogens is 2. The number of alkyl halides is 1. The summed E-state index contributed by atoms with van der Waals surface area (Å²) in [5.41, 5.74) is 1.46. The van der Waals surface area contributed by atoms with Crippen LogP contribution in [0.3, 0.4) is 0 Å². The summed E-state index contributed by atoms with van der Waals surface area (Å²) >= 11 is 1.86. The Morgan fingerprint density at radius 2 is 2.03 bits per heavy atom. The van der Waals surface area contributed by atoms with Gasteiger partial charge in [-0.05, 0) is 98.3 Å². The van der Waals surface area contributed by atoms with Crippen LogP contribution in [0.1, 0.15) is 37.4 Å². The van der Waals surface area contributed by atoms with Gasteiger partial charge in [0.05, 0.1) is 12.6 Å². The normalized spacial score (nSPS) is 19.9. The van der Waals surface area contributed by atoms with Crippen LogP contribution in [-0.4, -0.2) is 59.1 Å². The van der Waals surface area contributed by atoms with Crippen molar-refractivity contribution in [2.75, 3.05) is 39.1 Å². The Bertz CT molecular complexity index is 1040. The van der Waals surface area contributed by atoms with Crippen LogP contribution in [0.15, 0.2) is 59.9 Å². The molecular formula is C27H34FN3O2S. The van der Waals surface area contributed by atoms with Crippen molar-refractivity contribution in [3.63, 3.8) is 0 Å². The van der Waals surface area contributed by atoms with Crippen LogP contribution in [0.25, 0.3) is 10.9 Å². The van der Waals surface area contributed by atoms with Crippen molar-refractivity contribution in [2.24, 2.45) is 11.8 Å². The standard InChI is InChI=1S/C27H34FN3O2S/c1-33-22-4-6-27-25(17-22)24(9-13-30-27)26(28)5-3-20-10-15-31(18-21(20)19-32)14-2-16-34-23-7-11-29-12-8-23/h4,6-9,11-13,17,20-21,26,32H,2-3,5,10,14-16,18-19H2,1H3/t20-,21-,26?/m1/s1. The van der Waals surface area contributed by atoms with Gasteiger partial charge in [0, 0.05) is 42.0 Å². The van der Waals surface area contributed by atoms with Crippen LogP contribution in [0.2, 0.25) is 0 Å². The number of pyridine rings is 2. The molecule has 0 bridgehead atoms. The van der Waals surface area contributed by atoms with Gasteiger partial charge in [-0.2, -0.15) is 0 Å². The Morgan fingerprint density at radius 1 is 1.18 bits per heavy atom. The molecule has 1 fully saturated rings. The molecule has 0 spiro atoms. The molecule has 7 heteroatoms. The molecule has 4 rings (SSSR count). The molecule has 1 aliphatic heterocycles. The molecule has 1 saturated heterocycles. The van der Waals surface area contributed by atoms with E-state index in [0.717, 1.165) is 55.6 Å². The van der Waals surface area contributed by atoms with Crippen LogP contribution in [-0.2, 0) is 0 Å². The number of nitrogens with zero attached hydrogens (tertiary/aromatic N) is 3. The Labute approximate surface area is 205 Å². The molecule has 0 amide bonds. The minimum atomic E-state index is -1.06. The van der Waals surface area contributed by atoms with E-state index in [-0.39, 0.29) is 12.5 Å².